The standard InChI is InChI=1S/C12H22N2O4S/c15-11(16)10-12(6-2-3-7-12)13-19(17,18)14-8-4-1-5-9-14/h13H,1-10H2,(H,15,16). The van der Waals surface area contributed by atoms with E-state index in [-0.39, 0.29) is 6.42 Å². The molecule has 0 aromatic heterocycles. The Kier molecular flexibility index (Phi) is 4.47. The summed E-state index contributed by atoms with van der Waals surface area (Å²) in [5.41, 5.74) is -0.776. The van der Waals surface area contributed by atoms with E-state index in [1.807, 2.05) is 0 Å². The lowest BCUT2D eigenvalue weighted by Crippen LogP contribution is -2.54. The number of nitrogens with zero attached hydrogens (tertiary/aromatic N) is 1. The van der Waals surface area contributed by atoms with E-state index in [1.165, 1.54) is 4.31 Å². The van der Waals surface area contributed by atoms with Gasteiger partial charge in [0, 0.05) is 18.6 Å². The quantitative estimate of drug-likeness (QED) is 0.793. The SMILES string of the molecule is O=C(O)CC1(NS(=O)(=O)N2CCCCC2)CCCC1. The van der Waals surface area contributed by atoms with Crippen LogP contribution in [0.4, 0.5) is 0 Å². The van der Waals surface area contributed by atoms with Gasteiger partial charge in [-0.15, -0.1) is 0 Å². The maximum absolute atomic E-state index is 12.4. The lowest BCUT2D eigenvalue weighted by molar-refractivity contribution is -0.138. The van der Waals surface area contributed by atoms with Gasteiger partial charge in [-0.2, -0.15) is 17.4 Å². The van der Waals surface area contributed by atoms with Gasteiger partial charge in [0.05, 0.1) is 6.42 Å². The Balaban J connectivity index is 2.09. The van der Waals surface area contributed by atoms with Crippen LogP contribution in [0.25, 0.3) is 0 Å². The highest BCUT2D eigenvalue weighted by Crippen LogP contribution is 2.33. The summed E-state index contributed by atoms with van der Waals surface area (Å²) >= 11 is 0. The molecule has 1 saturated heterocycles. The Hall–Kier alpha value is -0.660. The summed E-state index contributed by atoms with van der Waals surface area (Å²) < 4.78 is 28.8. The first-order valence-corrected chi connectivity index (χ1v) is 8.38. The van der Waals surface area contributed by atoms with E-state index in [2.05, 4.69) is 4.72 Å². The number of aliphatic carboxylic acids is 1. The smallest absolute Gasteiger partial charge is 0.305 e. The Labute approximate surface area is 114 Å². The van der Waals surface area contributed by atoms with Crippen molar-refractivity contribution in [2.24, 2.45) is 0 Å². The summed E-state index contributed by atoms with van der Waals surface area (Å²) in [6, 6.07) is 0. The van der Waals surface area contributed by atoms with Gasteiger partial charge in [0.1, 0.15) is 0 Å². The molecule has 6 nitrogen and oxygen atoms in total. The van der Waals surface area contributed by atoms with Gasteiger partial charge in [0.25, 0.3) is 10.2 Å². The average molecular weight is 290 g/mol. The number of hydrogen-bond acceptors (Lipinski definition) is 3. The van der Waals surface area contributed by atoms with Crippen LogP contribution in [0.15, 0.2) is 0 Å². The Morgan fingerprint density at radius 3 is 2.21 bits per heavy atom. The van der Waals surface area contributed by atoms with Crippen LogP contribution in [0.1, 0.15) is 51.4 Å². The van der Waals surface area contributed by atoms with Crippen LogP contribution in [-0.4, -0.2) is 42.4 Å². The van der Waals surface area contributed by atoms with Crippen molar-refractivity contribution in [3.8, 4) is 0 Å². The molecular formula is C12H22N2O4S. The van der Waals surface area contributed by atoms with E-state index in [9.17, 15) is 13.2 Å². The largest absolute Gasteiger partial charge is 0.481 e. The average Bonchev–Trinajstić information content (AvgIpc) is 2.76. The van der Waals surface area contributed by atoms with Gasteiger partial charge in [-0.05, 0) is 25.7 Å². The number of nitrogens with one attached hydrogen (secondary N) is 1. The number of carboxylic acid groups (broad SMARTS) is 1. The molecule has 0 spiro atoms. The Bertz CT molecular complexity index is 423. The van der Waals surface area contributed by atoms with Crippen molar-refractivity contribution in [3.05, 3.63) is 0 Å². The van der Waals surface area contributed by atoms with Gasteiger partial charge in [0.15, 0.2) is 0 Å². The van der Waals surface area contributed by atoms with E-state index in [4.69, 9.17) is 5.11 Å². The first-order chi connectivity index (χ1) is 8.94. The first-order valence-electron chi connectivity index (χ1n) is 6.94. The highest BCUT2D eigenvalue weighted by Gasteiger charge is 2.41. The third kappa shape index (κ3) is 3.67. The van der Waals surface area contributed by atoms with Crippen LogP contribution in [0.2, 0.25) is 0 Å². The molecule has 0 atom stereocenters. The van der Waals surface area contributed by atoms with Crippen LogP contribution in [-0.2, 0) is 15.0 Å². The molecule has 0 unspecified atom stereocenters. The highest BCUT2D eigenvalue weighted by molar-refractivity contribution is 7.87. The van der Waals surface area contributed by atoms with E-state index in [0.29, 0.717) is 25.9 Å². The molecule has 7 heteroatoms. The van der Waals surface area contributed by atoms with Crippen LogP contribution in [0.3, 0.4) is 0 Å². The van der Waals surface area contributed by atoms with E-state index < -0.39 is 21.7 Å². The molecule has 1 aliphatic heterocycles. The fraction of sp³-hybridized carbons (Fsp3) is 0.917. The van der Waals surface area contributed by atoms with Gasteiger partial charge in [-0.3, -0.25) is 4.79 Å². The number of carboxylic acids is 1. The third-order valence-electron chi connectivity index (χ3n) is 4.05. The molecule has 1 saturated carbocycles. The van der Waals surface area contributed by atoms with Crippen molar-refractivity contribution in [3.63, 3.8) is 0 Å². The van der Waals surface area contributed by atoms with Crippen molar-refractivity contribution in [2.75, 3.05) is 13.1 Å². The maximum Gasteiger partial charge on any atom is 0.305 e. The summed E-state index contributed by atoms with van der Waals surface area (Å²) in [6.07, 6.45) is 5.70. The van der Waals surface area contributed by atoms with Crippen LogP contribution in [0.5, 0.6) is 0 Å². The second-order valence-corrected chi connectivity index (χ2v) is 7.30. The second-order valence-electron chi connectivity index (χ2n) is 5.62. The fourth-order valence-electron chi connectivity index (χ4n) is 3.10. The molecule has 0 radical (unpaired) electrons. The normalized spacial score (nSPS) is 24.4. The summed E-state index contributed by atoms with van der Waals surface area (Å²) in [5, 5.41) is 9.00. The van der Waals surface area contributed by atoms with Gasteiger partial charge < -0.3 is 5.11 Å². The van der Waals surface area contributed by atoms with Crippen LogP contribution >= 0.6 is 0 Å². The minimum absolute atomic E-state index is 0.125. The Morgan fingerprint density at radius 2 is 1.68 bits per heavy atom. The molecule has 0 amide bonds. The predicted molar refractivity (Wildman–Crippen MR) is 70.9 cm³/mol. The summed E-state index contributed by atoms with van der Waals surface area (Å²) in [4.78, 5) is 11.0. The number of carbonyl (C=O) groups is 1. The molecule has 19 heavy (non-hydrogen) atoms. The maximum atomic E-state index is 12.4. The highest BCUT2D eigenvalue weighted by atomic mass is 32.2. The molecule has 2 aliphatic rings. The monoisotopic (exact) mass is 290 g/mol. The lowest BCUT2D eigenvalue weighted by Gasteiger charge is -2.33. The molecule has 1 aliphatic carbocycles. The van der Waals surface area contributed by atoms with Crippen molar-refractivity contribution in [2.45, 2.75) is 56.9 Å². The molecule has 2 N–H and O–H groups in total. The molecule has 0 bridgehead atoms. The summed E-state index contributed by atoms with van der Waals surface area (Å²) in [6.45, 7) is 1.08. The number of piperidine rings is 1. The van der Waals surface area contributed by atoms with E-state index in [1.54, 1.807) is 0 Å². The summed E-state index contributed by atoms with van der Waals surface area (Å²) in [5.74, 6) is -0.941. The van der Waals surface area contributed by atoms with Crippen molar-refractivity contribution < 1.29 is 18.3 Å². The summed E-state index contributed by atoms with van der Waals surface area (Å²) in [7, 11) is -3.55. The van der Waals surface area contributed by atoms with E-state index >= 15 is 0 Å². The van der Waals surface area contributed by atoms with Crippen LogP contribution in [0, 0.1) is 0 Å². The fourth-order valence-corrected chi connectivity index (χ4v) is 4.79. The molecule has 0 aromatic rings. The molecule has 2 fully saturated rings. The second kappa shape index (κ2) is 5.76. The van der Waals surface area contributed by atoms with Gasteiger partial charge >= 0.3 is 5.97 Å². The molecule has 110 valence electrons. The molecule has 0 aromatic carbocycles. The van der Waals surface area contributed by atoms with Crippen molar-refractivity contribution >= 4 is 16.2 Å². The van der Waals surface area contributed by atoms with E-state index in [0.717, 1.165) is 32.1 Å². The minimum atomic E-state index is -3.55. The van der Waals surface area contributed by atoms with Crippen molar-refractivity contribution in [1.29, 1.82) is 0 Å². The molecular weight excluding hydrogens is 268 g/mol. The van der Waals surface area contributed by atoms with Gasteiger partial charge in [0.2, 0.25) is 0 Å². The topological polar surface area (TPSA) is 86.7 Å². The van der Waals surface area contributed by atoms with Crippen molar-refractivity contribution in [1.82, 2.24) is 9.03 Å². The number of rotatable bonds is 5. The Morgan fingerprint density at radius 1 is 1.11 bits per heavy atom. The predicted octanol–water partition coefficient (Wildman–Crippen LogP) is 1.09. The van der Waals surface area contributed by atoms with Gasteiger partial charge in [-0.1, -0.05) is 19.3 Å². The molecule has 2 rings (SSSR count). The lowest BCUT2D eigenvalue weighted by atomic mass is 9.95. The number of hydrogen-bond donors (Lipinski definition) is 2. The third-order valence-corrected chi connectivity index (χ3v) is 5.79. The molecule has 1 heterocycles. The van der Waals surface area contributed by atoms with Gasteiger partial charge in [-0.25, -0.2) is 0 Å². The minimum Gasteiger partial charge on any atom is -0.481 e. The van der Waals surface area contributed by atoms with Crippen LogP contribution < -0.4 is 4.72 Å². The first kappa shape index (κ1) is 14.7. The zero-order valence-electron chi connectivity index (χ0n) is 11.1. The zero-order valence-corrected chi connectivity index (χ0v) is 11.9. The zero-order chi connectivity index (χ0) is 13.9.